The van der Waals surface area contributed by atoms with Gasteiger partial charge >= 0.3 is 6.03 Å². The molecule has 3 nitrogen and oxygen atoms in total. The lowest BCUT2D eigenvalue weighted by Gasteiger charge is -2.35. The first kappa shape index (κ1) is 13.1. The lowest BCUT2D eigenvalue weighted by Crippen LogP contribution is -2.47. The number of urea groups is 1. The Hall–Kier alpha value is -0.990. The zero-order valence-electron chi connectivity index (χ0n) is 10.8. The molecule has 0 N–H and O–H groups in total. The third-order valence-corrected chi connectivity index (χ3v) is 3.04. The predicted octanol–water partition coefficient (Wildman–Crippen LogP) is 2.74. The number of likely N-dealkylation sites (tertiary alicyclic amines) is 1. The number of piperidine rings is 1. The second-order valence-corrected chi connectivity index (χ2v) is 4.95. The summed E-state index contributed by atoms with van der Waals surface area (Å²) in [7, 11) is 0. The number of rotatable bonds is 3. The Morgan fingerprint density at radius 1 is 1.56 bits per heavy atom. The first-order chi connectivity index (χ1) is 7.54. The standard InChI is InChI=1S/C13H24N2O/c1-5-14(9-11(2)3)13(16)15-8-6-7-12(4)10-15/h12H,2,5-10H2,1,3-4H3. The van der Waals surface area contributed by atoms with Crippen molar-refractivity contribution in [3.63, 3.8) is 0 Å². The van der Waals surface area contributed by atoms with E-state index in [0.717, 1.165) is 31.6 Å². The summed E-state index contributed by atoms with van der Waals surface area (Å²) in [5, 5.41) is 0. The van der Waals surface area contributed by atoms with Crippen molar-refractivity contribution in [2.45, 2.75) is 33.6 Å². The van der Waals surface area contributed by atoms with Crippen LogP contribution in [0.5, 0.6) is 0 Å². The van der Waals surface area contributed by atoms with Crippen molar-refractivity contribution in [2.75, 3.05) is 26.2 Å². The Labute approximate surface area is 99.1 Å². The van der Waals surface area contributed by atoms with Gasteiger partial charge in [-0.15, -0.1) is 0 Å². The summed E-state index contributed by atoms with van der Waals surface area (Å²) >= 11 is 0. The van der Waals surface area contributed by atoms with Gasteiger partial charge in [0, 0.05) is 26.2 Å². The lowest BCUT2D eigenvalue weighted by atomic mass is 10.0. The Bertz CT molecular complexity index is 263. The van der Waals surface area contributed by atoms with Crippen molar-refractivity contribution < 1.29 is 4.79 Å². The molecule has 0 radical (unpaired) electrons. The van der Waals surface area contributed by atoms with E-state index in [1.165, 1.54) is 6.42 Å². The molecule has 0 spiro atoms. The molecule has 1 rings (SSSR count). The molecule has 1 aliphatic heterocycles. The fourth-order valence-corrected chi connectivity index (χ4v) is 2.20. The number of carbonyl (C=O) groups excluding carboxylic acids is 1. The minimum absolute atomic E-state index is 0.178. The molecule has 1 heterocycles. The molecule has 1 atom stereocenters. The maximum Gasteiger partial charge on any atom is 0.320 e. The Morgan fingerprint density at radius 2 is 2.25 bits per heavy atom. The fraction of sp³-hybridized carbons (Fsp3) is 0.769. The minimum atomic E-state index is 0.178. The fourth-order valence-electron chi connectivity index (χ4n) is 2.20. The van der Waals surface area contributed by atoms with E-state index in [-0.39, 0.29) is 6.03 Å². The number of carbonyl (C=O) groups is 1. The van der Waals surface area contributed by atoms with Gasteiger partial charge in [0.2, 0.25) is 0 Å². The van der Waals surface area contributed by atoms with Crippen LogP contribution in [0.4, 0.5) is 4.79 Å². The van der Waals surface area contributed by atoms with Gasteiger partial charge in [-0.3, -0.25) is 0 Å². The first-order valence-electron chi connectivity index (χ1n) is 6.22. The minimum Gasteiger partial charge on any atom is -0.324 e. The predicted molar refractivity (Wildman–Crippen MR) is 67.4 cm³/mol. The van der Waals surface area contributed by atoms with E-state index in [4.69, 9.17) is 0 Å². The topological polar surface area (TPSA) is 23.6 Å². The summed E-state index contributed by atoms with van der Waals surface area (Å²) < 4.78 is 0. The summed E-state index contributed by atoms with van der Waals surface area (Å²) in [5.74, 6) is 0.640. The Balaban J connectivity index is 2.56. The van der Waals surface area contributed by atoms with Crippen LogP contribution in [0.25, 0.3) is 0 Å². The van der Waals surface area contributed by atoms with E-state index >= 15 is 0 Å². The third-order valence-electron chi connectivity index (χ3n) is 3.04. The monoisotopic (exact) mass is 224 g/mol. The van der Waals surface area contributed by atoms with Crippen LogP contribution >= 0.6 is 0 Å². The highest BCUT2D eigenvalue weighted by atomic mass is 16.2. The van der Waals surface area contributed by atoms with Crippen LogP contribution in [0.15, 0.2) is 12.2 Å². The molecule has 0 aromatic heterocycles. The van der Waals surface area contributed by atoms with E-state index < -0.39 is 0 Å². The maximum atomic E-state index is 12.2. The van der Waals surface area contributed by atoms with Crippen molar-refractivity contribution >= 4 is 6.03 Å². The number of hydrogen-bond donors (Lipinski definition) is 0. The number of amides is 2. The van der Waals surface area contributed by atoms with Gasteiger partial charge < -0.3 is 9.80 Å². The zero-order valence-corrected chi connectivity index (χ0v) is 10.8. The van der Waals surface area contributed by atoms with Crippen LogP contribution < -0.4 is 0 Å². The third kappa shape index (κ3) is 3.54. The summed E-state index contributed by atoms with van der Waals surface area (Å²) in [5.41, 5.74) is 1.04. The molecule has 92 valence electrons. The Kier molecular flexibility index (Phi) is 4.84. The molecule has 2 amide bonds. The molecule has 1 saturated heterocycles. The van der Waals surface area contributed by atoms with E-state index in [1.54, 1.807) is 0 Å². The average Bonchev–Trinajstić information content (AvgIpc) is 2.24. The molecule has 3 heteroatoms. The van der Waals surface area contributed by atoms with Crippen LogP contribution in [-0.4, -0.2) is 42.0 Å². The van der Waals surface area contributed by atoms with Crippen molar-refractivity contribution in [1.29, 1.82) is 0 Å². The van der Waals surface area contributed by atoms with Gasteiger partial charge in [-0.05, 0) is 32.6 Å². The lowest BCUT2D eigenvalue weighted by molar-refractivity contribution is 0.136. The number of nitrogens with zero attached hydrogens (tertiary/aromatic N) is 2. The molecule has 0 aromatic carbocycles. The highest BCUT2D eigenvalue weighted by molar-refractivity contribution is 5.74. The number of likely N-dealkylation sites (N-methyl/N-ethyl adjacent to an activating group) is 1. The van der Waals surface area contributed by atoms with Gasteiger partial charge in [-0.1, -0.05) is 19.1 Å². The second-order valence-electron chi connectivity index (χ2n) is 4.95. The zero-order chi connectivity index (χ0) is 12.1. The molecule has 0 saturated carbocycles. The van der Waals surface area contributed by atoms with Crippen LogP contribution in [0.1, 0.15) is 33.6 Å². The molecule has 0 aromatic rings. The molecule has 1 unspecified atom stereocenters. The van der Waals surface area contributed by atoms with Gasteiger partial charge in [-0.25, -0.2) is 4.79 Å². The first-order valence-corrected chi connectivity index (χ1v) is 6.22. The van der Waals surface area contributed by atoms with Crippen molar-refractivity contribution in [1.82, 2.24) is 9.80 Å². The van der Waals surface area contributed by atoms with E-state index in [1.807, 2.05) is 23.6 Å². The summed E-state index contributed by atoms with van der Waals surface area (Å²) in [6.07, 6.45) is 2.38. The smallest absolute Gasteiger partial charge is 0.320 e. The highest BCUT2D eigenvalue weighted by Crippen LogP contribution is 2.17. The van der Waals surface area contributed by atoms with Crippen LogP contribution in [-0.2, 0) is 0 Å². The van der Waals surface area contributed by atoms with Crippen molar-refractivity contribution in [3.05, 3.63) is 12.2 Å². The maximum absolute atomic E-state index is 12.2. The Morgan fingerprint density at radius 3 is 2.75 bits per heavy atom. The van der Waals surface area contributed by atoms with Crippen LogP contribution in [0, 0.1) is 5.92 Å². The van der Waals surface area contributed by atoms with Gasteiger partial charge in [0.15, 0.2) is 0 Å². The quantitative estimate of drug-likeness (QED) is 0.676. The summed E-state index contributed by atoms with van der Waals surface area (Å²) in [6, 6.07) is 0.178. The van der Waals surface area contributed by atoms with Crippen molar-refractivity contribution in [2.24, 2.45) is 5.92 Å². The van der Waals surface area contributed by atoms with Gasteiger partial charge in [0.25, 0.3) is 0 Å². The molecular weight excluding hydrogens is 200 g/mol. The van der Waals surface area contributed by atoms with Gasteiger partial charge in [0.1, 0.15) is 0 Å². The second kappa shape index (κ2) is 5.92. The van der Waals surface area contributed by atoms with Crippen LogP contribution in [0.3, 0.4) is 0 Å². The normalized spacial score (nSPS) is 20.7. The van der Waals surface area contributed by atoms with E-state index in [2.05, 4.69) is 13.5 Å². The van der Waals surface area contributed by atoms with E-state index in [0.29, 0.717) is 12.5 Å². The molecule has 16 heavy (non-hydrogen) atoms. The molecule has 0 bridgehead atoms. The number of hydrogen-bond acceptors (Lipinski definition) is 1. The molecule has 1 aliphatic rings. The van der Waals surface area contributed by atoms with Crippen LogP contribution in [0.2, 0.25) is 0 Å². The molecule has 1 fully saturated rings. The highest BCUT2D eigenvalue weighted by Gasteiger charge is 2.24. The SMILES string of the molecule is C=C(C)CN(CC)C(=O)N1CCCC(C)C1. The molecular formula is C13H24N2O. The van der Waals surface area contributed by atoms with Gasteiger partial charge in [0.05, 0.1) is 0 Å². The molecule has 0 aliphatic carbocycles. The van der Waals surface area contributed by atoms with Gasteiger partial charge in [-0.2, -0.15) is 0 Å². The summed E-state index contributed by atoms with van der Waals surface area (Å²) in [6.45, 7) is 13.3. The van der Waals surface area contributed by atoms with E-state index in [9.17, 15) is 4.79 Å². The largest absolute Gasteiger partial charge is 0.324 e. The van der Waals surface area contributed by atoms with Crippen molar-refractivity contribution in [3.8, 4) is 0 Å². The summed E-state index contributed by atoms with van der Waals surface area (Å²) in [4.78, 5) is 16.1. The average molecular weight is 224 g/mol.